The molecule has 1 amide bonds. The summed E-state index contributed by atoms with van der Waals surface area (Å²) in [7, 11) is 0. The number of nitrogens with one attached hydrogen (secondary N) is 1. The number of benzene rings is 1. The molecule has 1 aliphatic rings. The van der Waals surface area contributed by atoms with Crippen molar-refractivity contribution in [2.24, 2.45) is 0 Å². The van der Waals surface area contributed by atoms with Crippen molar-refractivity contribution in [1.82, 2.24) is 9.88 Å². The highest BCUT2D eigenvalue weighted by molar-refractivity contribution is 5.76. The van der Waals surface area contributed by atoms with Crippen LogP contribution in [0, 0.1) is 0 Å². The molecular formula is C13H14N2O4. The van der Waals surface area contributed by atoms with Crippen molar-refractivity contribution in [3.63, 3.8) is 0 Å². The van der Waals surface area contributed by atoms with Crippen LogP contribution in [0.1, 0.15) is 24.3 Å². The number of rotatable bonds is 1. The number of nitrogens with zero attached hydrogens (tertiary/aromatic N) is 1. The highest BCUT2D eigenvalue weighted by atomic mass is 16.4. The zero-order valence-corrected chi connectivity index (χ0v) is 10.3. The Kier molecular flexibility index (Phi) is 2.77. The maximum absolute atomic E-state index is 11.3. The first-order valence-electron chi connectivity index (χ1n) is 6.25. The molecule has 100 valence electrons. The standard InChI is InChI=1S/C13H14N2O4/c16-12-14-11-9(2-1-3-10(11)19-12)8-4-6-15(7-5-8)13(17)18/h1-3,8H,4-7H2,(H,14,16)(H,17,18). The number of likely N-dealkylation sites (tertiary alicyclic amines) is 1. The fraction of sp³-hybridized carbons (Fsp3) is 0.385. The van der Waals surface area contributed by atoms with Gasteiger partial charge in [-0.1, -0.05) is 12.1 Å². The number of hydrogen-bond acceptors (Lipinski definition) is 3. The summed E-state index contributed by atoms with van der Waals surface area (Å²) in [6.45, 7) is 1.05. The van der Waals surface area contributed by atoms with Gasteiger partial charge in [0.25, 0.3) is 0 Å². The minimum absolute atomic E-state index is 0.257. The third-order valence-electron chi connectivity index (χ3n) is 3.69. The van der Waals surface area contributed by atoms with E-state index < -0.39 is 11.8 Å². The maximum atomic E-state index is 11.3. The summed E-state index contributed by atoms with van der Waals surface area (Å²) in [5.74, 6) is -0.196. The molecular weight excluding hydrogens is 248 g/mol. The van der Waals surface area contributed by atoms with Gasteiger partial charge in [-0.15, -0.1) is 0 Å². The average Bonchev–Trinajstić information content (AvgIpc) is 2.78. The maximum Gasteiger partial charge on any atom is 0.417 e. The number of hydrogen-bond donors (Lipinski definition) is 2. The number of aromatic nitrogens is 1. The van der Waals surface area contributed by atoms with Gasteiger partial charge in [-0.2, -0.15) is 0 Å². The molecule has 1 fully saturated rings. The van der Waals surface area contributed by atoms with Crippen LogP contribution in [0.15, 0.2) is 27.4 Å². The van der Waals surface area contributed by atoms with Gasteiger partial charge >= 0.3 is 11.8 Å². The molecule has 6 heteroatoms. The number of carboxylic acid groups (broad SMARTS) is 1. The lowest BCUT2D eigenvalue weighted by Gasteiger charge is -2.30. The fourth-order valence-electron chi connectivity index (χ4n) is 2.72. The SMILES string of the molecule is O=C(O)N1CCC(c2cccc3oc(=O)[nH]c23)CC1. The predicted octanol–water partition coefficient (Wildman–Crippen LogP) is 1.98. The molecule has 6 nitrogen and oxygen atoms in total. The van der Waals surface area contributed by atoms with E-state index in [4.69, 9.17) is 9.52 Å². The summed E-state index contributed by atoms with van der Waals surface area (Å²) in [6.07, 6.45) is 0.658. The number of carbonyl (C=O) groups is 1. The second-order valence-electron chi connectivity index (χ2n) is 4.78. The van der Waals surface area contributed by atoms with Gasteiger partial charge in [0, 0.05) is 13.1 Å². The van der Waals surface area contributed by atoms with Crippen molar-refractivity contribution in [3.05, 3.63) is 34.3 Å². The van der Waals surface area contributed by atoms with Crippen molar-refractivity contribution in [1.29, 1.82) is 0 Å². The Morgan fingerprint density at radius 2 is 2.11 bits per heavy atom. The largest absolute Gasteiger partial charge is 0.465 e. The second-order valence-corrected chi connectivity index (χ2v) is 4.78. The van der Waals surface area contributed by atoms with Crippen molar-refractivity contribution in [2.75, 3.05) is 13.1 Å². The lowest BCUT2D eigenvalue weighted by molar-refractivity contribution is 0.132. The Bertz CT molecular complexity index is 665. The summed E-state index contributed by atoms with van der Waals surface area (Å²) in [4.78, 5) is 26.3. The summed E-state index contributed by atoms with van der Waals surface area (Å²) in [5.41, 5.74) is 2.33. The van der Waals surface area contributed by atoms with Crippen molar-refractivity contribution in [2.45, 2.75) is 18.8 Å². The molecule has 0 bridgehead atoms. The van der Waals surface area contributed by atoms with Crippen LogP contribution in [-0.4, -0.2) is 34.2 Å². The van der Waals surface area contributed by atoms with Crippen LogP contribution in [-0.2, 0) is 0 Å². The summed E-state index contributed by atoms with van der Waals surface area (Å²) >= 11 is 0. The van der Waals surface area contributed by atoms with Crippen molar-refractivity contribution in [3.8, 4) is 0 Å². The van der Waals surface area contributed by atoms with Crippen LogP contribution >= 0.6 is 0 Å². The molecule has 1 aromatic carbocycles. The minimum Gasteiger partial charge on any atom is -0.465 e. The molecule has 3 rings (SSSR count). The van der Waals surface area contributed by atoms with Crippen molar-refractivity contribution >= 4 is 17.2 Å². The van der Waals surface area contributed by atoms with E-state index >= 15 is 0 Å². The number of amides is 1. The highest BCUT2D eigenvalue weighted by Gasteiger charge is 2.25. The van der Waals surface area contributed by atoms with E-state index in [0.717, 1.165) is 23.9 Å². The smallest absolute Gasteiger partial charge is 0.417 e. The van der Waals surface area contributed by atoms with Crippen LogP contribution in [0.5, 0.6) is 0 Å². The van der Waals surface area contributed by atoms with Gasteiger partial charge in [0.2, 0.25) is 0 Å². The molecule has 2 aromatic rings. The lowest BCUT2D eigenvalue weighted by atomic mass is 9.89. The predicted molar refractivity (Wildman–Crippen MR) is 68.4 cm³/mol. The molecule has 0 spiro atoms. The third-order valence-corrected chi connectivity index (χ3v) is 3.69. The molecule has 19 heavy (non-hydrogen) atoms. The second kappa shape index (κ2) is 4.46. The normalized spacial score (nSPS) is 16.9. The topological polar surface area (TPSA) is 86.5 Å². The summed E-state index contributed by atoms with van der Waals surface area (Å²) in [5, 5.41) is 8.93. The van der Waals surface area contributed by atoms with Crippen LogP contribution in [0.25, 0.3) is 11.1 Å². The monoisotopic (exact) mass is 262 g/mol. The number of para-hydroxylation sites is 1. The zero-order valence-electron chi connectivity index (χ0n) is 10.3. The van der Waals surface area contributed by atoms with Crippen LogP contribution in [0.3, 0.4) is 0 Å². The van der Waals surface area contributed by atoms with Gasteiger partial charge in [-0.05, 0) is 30.4 Å². The first kappa shape index (κ1) is 11.8. The Morgan fingerprint density at radius 1 is 1.37 bits per heavy atom. The minimum atomic E-state index is -0.867. The fourth-order valence-corrected chi connectivity index (χ4v) is 2.72. The van der Waals surface area contributed by atoms with E-state index in [0.29, 0.717) is 18.7 Å². The Labute approximate surface area is 108 Å². The quantitative estimate of drug-likeness (QED) is 0.822. The van der Waals surface area contributed by atoms with Gasteiger partial charge in [0.15, 0.2) is 5.58 Å². The van der Waals surface area contributed by atoms with Gasteiger partial charge in [-0.25, -0.2) is 9.59 Å². The summed E-state index contributed by atoms with van der Waals surface area (Å²) < 4.78 is 5.04. The molecule has 0 atom stereocenters. The first-order chi connectivity index (χ1) is 9.15. The lowest BCUT2D eigenvalue weighted by Crippen LogP contribution is -2.36. The van der Waals surface area contributed by atoms with Crippen LogP contribution < -0.4 is 5.76 Å². The van der Waals surface area contributed by atoms with E-state index in [1.165, 1.54) is 4.90 Å². The molecule has 2 heterocycles. The van der Waals surface area contributed by atoms with Gasteiger partial charge in [-0.3, -0.25) is 4.98 Å². The van der Waals surface area contributed by atoms with E-state index in [1.54, 1.807) is 6.07 Å². The summed E-state index contributed by atoms with van der Waals surface area (Å²) in [6, 6.07) is 5.58. The molecule has 0 unspecified atom stereocenters. The van der Waals surface area contributed by atoms with Gasteiger partial charge in [0.05, 0.1) is 5.52 Å². The zero-order chi connectivity index (χ0) is 13.4. The molecule has 1 saturated heterocycles. The highest BCUT2D eigenvalue weighted by Crippen LogP contribution is 2.31. The molecule has 0 saturated carbocycles. The Balaban J connectivity index is 1.89. The van der Waals surface area contributed by atoms with Crippen molar-refractivity contribution < 1.29 is 14.3 Å². The van der Waals surface area contributed by atoms with E-state index in [-0.39, 0.29) is 5.92 Å². The van der Waals surface area contributed by atoms with E-state index in [2.05, 4.69) is 4.98 Å². The first-order valence-corrected chi connectivity index (χ1v) is 6.25. The number of oxazole rings is 1. The molecule has 0 radical (unpaired) electrons. The van der Waals surface area contributed by atoms with E-state index in [9.17, 15) is 9.59 Å². The third kappa shape index (κ3) is 2.09. The average molecular weight is 262 g/mol. The van der Waals surface area contributed by atoms with Crippen LogP contribution in [0.2, 0.25) is 0 Å². The van der Waals surface area contributed by atoms with E-state index in [1.807, 2.05) is 12.1 Å². The number of piperidine rings is 1. The Morgan fingerprint density at radius 3 is 2.79 bits per heavy atom. The van der Waals surface area contributed by atoms with Gasteiger partial charge in [0.1, 0.15) is 0 Å². The number of aromatic amines is 1. The van der Waals surface area contributed by atoms with Gasteiger partial charge < -0.3 is 14.4 Å². The molecule has 0 aliphatic carbocycles. The molecule has 2 N–H and O–H groups in total. The molecule has 1 aromatic heterocycles. The number of H-pyrrole nitrogens is 1. The molecule has 1 aliphatic heterocycles. The Hall–Kier alpha value is -2.24. The number of fused-ring (bicyclic) bond motifs is 1. The van der Waals surface area contributed by atoms with Crippen LogP contribution in [0.4, 0.5) is 4.79 Å².